The van der Waals surface area contributed by atoms with Crippen molar-refractivity contribution in [3.05, 3.63) is 60.8 Å². The molecule has 0 amide bonds. The van der Waals surface area contributed by atoms with Crippen molar-refractivity contribution in [2.45, 2.75) is 264 Å². The summed E-state index contributed by atoms with van der Waals surface area (Å²) < 4.78 is 39.4. The van der Waals surface area contributed by atoms with E-state index < -0.39 is 57.8 Å². The number of hydrogen-bond donors (Lipinski definition) is 2. The van der Waals surface area contributed by atoms with Gasteiger partial charge < -0.3 is 24.2 Å². The molecule has 2 N–H and O–H groups in total. The van der Waals surface area contributed by atoms with Gasteiger partial charge in [0.05, 0.1) is 19.8 Å². The average Bonchev–Trinajstić information content (AvgIpc) is 3.35. The van der Waals surface area contributed by atoms with Crippen molar-refractivity contribution in [1.82, 2.24) is 0 Å². The second kappa shape index (κ2) is 52.5. The van der Waals surface area contributed by atoms with E-state index in [4.69, 9.17) is 23.3 Å². The molecule has 0 fully saturated rings. The van der Waals surface area contributed by atoms with Gasteiger partial charge in [0.2, 0.25) is 0 Å². The van der Waals surface area contributed by atoms with Crippen LogP contribution >= 0.6 is 7.82 Å². The maximum Gasteiger partial charge on any atom is 0.472 e. The molecule has 0 aromatic rings. The largest absolute Gasteiger partial charge is 0.472 e. The highest BCUT2D eigenvalue weighted by Crippen LogP contribution is 2.43. The lowest BCUT2D eigenvalue weighted by Crippen LogP contribution is -2.30. The third-order valence-electron chi connectivity index (χ3n) is 11.9. The fraction of sp³-hybridized carbons (Fsp3) is 0.776. The van der Waals surface area contributed by atoms with Gasteiger partial charge in [0.25, 0.3) is 0 Å². The Labute approximate surface area is 427 Å². The Morgan fingerprint density at radius 2 is 0.743 bits per heavy atom. The first kappa shape index (κ1) is 67.2. The van der Waals surface area contributed by atoms with E-state index in [-0.39, 0.29) is 25.9 Å². The predicted molar refractivity (Wildman–Crippen MR) is 288 cm³/mol. The summed E-state index contributed by atoms with van der Waals surface area (Å²) in [5.41, 5.74) is 0. The third kappa shape index (κ3) is 50.1. The zero-order valence-electron chi connectivity index (χ0n) is 44.7. The molecule has 0 aliphatic heterocycles. The van der Waals surface area contributed by atoms with Gasteiger partial charge in [0.15, 0.2) is 6.10 Å². The molecule has 0 spiro atoms. The van der Waals surface area contributed by atoms with Gasteiger partial charge in [-0.05, 0) is 83.5 Å². The van der Waals surface area contributed by atoms with Crippen LogP contribution in [0, 0.1) is 0 Å². The summed E-state index contributed by atoms with van der Waals surface area (Å²) in [7, 11) is -4.75. The molecular formula is C58H103O11P. The zero-order valence-corrected chi connectivity index (χ0v) is 45.6. The van der Waals surface area contributed by atoms with Gasteiger partial charge in [-0.3, -0.25) is 23.4 Å². The molecule has 0 saturated carbocycles. The molecule has 0 aromatic heterocycles. The molecule has 11 nitrogen and oxygen atoms in total. The van der Waals surface area contributed by atoms with Crippen LogP contribution in [0.15, 0.2) is 60.8 Å². The SMILES string of the molecule is CC/C=C\C/C=C\C/C=C\CCCCCC(=O)OC(CO)COP(=O)(O)OCC(COC(=O)CCCCCCCCCCCCC)OC(=O)CCCCCCCCCCC/C=C\C/C=C\CCCCC. The second-order valence-electron chi connectivity index (χ2n) is 18.7. The minimum atomic E-state index is -4.75. The van der Waals surface area contributed by atoms with E-state index >= 15 is 0 Å². The standard InChI is InChI=1S/C58H103O11P/c1-4-7-10-13-16-19-22-24-25-26-27-28-29-31-34-37-40-43-46-49-58(62)69-55(51-65-56(60)47-44-41-38-35-32-21-18-15-12-9-6-3)53-67-70(63,64)66-52-54(50-59)68-57(61)48-45-42-39-36-33-30-23-20-17-14-11-8-5-2/h8,11,16-17,19-20,24-25,30,33,54-55,59H,4-7,9-10,12-15,18,21-23,26-29,31-32,34-53H2,1-3H3,(H,63,64)/b11-8-,19-16-,20-17-,25-24-,33-30-. The van der Waals surface area contributed by atoms with E-state index in [0.717, 1.165) is 89.9 Å². The number of unbranched alkanes of at least 4 members (excludes halogenated alkanes) is 25. The van der Waals surface area contributed by atoms with Gasteiger partial charge in [-0.15, -0.1) is 0 Å². The summed E-state index contributed by atoms with van der Waals surface area (Å²) in [5, 5.41) is 9.78. The summed E-state index contributed by atoms with van der Waals surface area (Å²) in [6, 6.07) is 0. The Bertz CT molecular complexity index is 1410. The van der Waals surface area contributed by atoms with Crippen LogP contribution < -0.4 is 0 Å². The summed E-state index contributed by atoms with van der Waals surface area (Å²) in [4.78, 5) is 48.4. The van der Waals surface area contributed by atoms with Gasteiger partial charge in [0, 0.05) is 19.3 Å². The molecule has 0 heterocycles. The minimum absolute atomic E-state index is 0.142. The normalized spacial score (nSPS) is 13.8. The molecule has 0 radical (unpaired) electrons. The Balaban J connectivity index is 4.71. The lowest BCUT2D eigenvalue weighted by Gasteiger charge is -2.21. The van der Waals surface area contributed by atoms with Crippen LogP contribution in [0.5, 0.6) is 0 Å². The highest BCUT2D eigenvalue weighted by Gasteiger charge is 2.28. The topological polar surface area (TPSA) is 155 Å². The van der Waals surface area contributed by atoms with Crippen molar-refractivity contribution in [2.24, 2.45) is 0 Å². The van der Waals surface area contributed by atoms with Gasteiger partial charge >= 0.3 is 25.7 Å². The molecule has 0 aliphatic carbocycles. The number of aliphatic hydroxyl groups is 1. The van der Waals surface area contributed by atoms with Crippen molar-refractivity contribution in [2.75, 3.05) is 26.4 Å². The van der Waals surface area contributed by atoms with Crippen LogP contribution in [0.1, 0.15) is 252 Å². The molecule has 0 aliphatic rings. The summed E-state index contributed by atoms with van der Waals surface area (Å²) >= 11 is 0. The Morgan fingerprint density at radius 3 is 1.19 bits per heavy atom. The van der Waals surface area contributed by atoms with Crippen LogP contribution in [0.3, 0.4) is 0 Å². The monoisotopic (exact) mass is 1010 g/mol. The van der Waals surface area contributed by atoms with E-state index in [1.807, 2.05) is 0 Å². The van der Waals surface area contributed by atoms with Crippen LogP contribution in [0.2, 0.25) is 0 Å². The van der Waals surface area contributed by atoms with E-state index in [2.05, 4.69) is 81.5 Å². The lowest BCUT2D eigenvalue weighted by molar-refractivity contribution is -0.161. The lowest BCUT2D eigenvalue weighted by atomic mass is 10.1. The van der Waals surface area contributed by atoms with Crippen molar-refractivity contribution in [3.63, 3.8) is 0 Å². The number of aliphatic hydroxyl groups excluding tert-OH is 1. The third-order valence-corrected chi connectivity index (χ3v) is 12.9. The first-order chi connectivity index (χ1) is 34.2. The predicted octanol–water partition coefficient (Wildman–Crippen LogP) is 16.4. The second-order valence-corrected chi connectivity index (χ2v) is 20.2. The maximum absolute atomic E-state index is 12.9. The zero-order chi connectivity index (χ0) is 51.3. The number of esters is 3. The molecule has 3 unspecified atom stereocenters. The van der Waals surface area contributed by atoms with E-state index in [1.54, 1.807) is 0 Å². The quantitative estimate of drug-likeness (QED) is 0.0197. The van der Waals surface area contributed by atoms with Gasteiger partial charge in [-0.25, -0.2) is 4.57 Å². The number of ether oxygens (including phenoxy) is 3. The molecule has 0 saturated heterocycles. The number of phosphoric acid groups is 1. The van der Waals surface area contributed by atoms with Crippen LogP contribution in [0.4, 0.5) is 0 Å². The van der Waals surface area contributed by atoms with E-state index in [1.165, 1.54) is 103 Å². The number of phosphoric ester groups is 1. The highest BCUT2D eigenvalue weighted by molar-refractivity contribution is 7.47. The number of rotatable bonds is 52. The molecule has 3 atom stereocenters. The smallest absolute Gasteiger partial charge is 0.462 e. The number of hydrogen-bond acceptors (Lipinski definition) is 10. The van der Waals surface area contributed by atoms with Crippen molar-refractivity contribution in [1.29, 1.82) is 0 Å². The Hall–Kier alpha value is -2.82. The average molecular weight is 1010 g/mol. The molecule has 406 valence electrons. The maximum atomic E-state index is 12.9. The summed E-state index contributed by atoms with van der Waals surface area (Å²) in [6.07, 6.45) is 56.1. The van der Waals surface area contributed by atoms with Crippen molar-refractivity contribution >= 4 is 25.7 Å². The van der Waals surface area contributed by atoms with E-state index in [0.29, 0.717) is 19.3 Å². The Kier molecular flexibility index (Phi) is 50.4. The molecule has 0 rings (SSSR count). The molecule has 70 heavy (non-hydrogen) atoms. The molecule has 0 bridgehead atoms. The van der Waals surface area contributed by atoms with Crippen LogP contribution in [-0.4, -0.2) is 66.5 Å². The fourth-order valence-corrected chi connectivity index (χ4v) is 8.42. The number of carbonyl (C=O) groups is 3. The molecule has 12 heteroatoms. The van der Waals surface area contributed by atoms with Crippen LogP contribution in [0.25, 0.3) is 0 Å². The van der Waals surface area contributed by atoms with Crippen molar-refractivity contribution in [3.8, 4) is 0 Å². The number of allylic oxidation sites excluding steroid dienone is 10. The number of carbonyl (C=O) groups excluding carboxylic acids is 3. The van der Waals surface area contributed by atoms with Gasteiger partial charge in [-0.2, -0.15) is 0 Å². The van der Waals surface area contributed by atoms with E-state index in [9.17, 15) is 28.9 Å². The Morgan fingerprint density at radius 1 is 0.414 bits per heavy atom. The summed E-state index contributed by atoms with van der Waals surface area (Å²) in [5.74, 6) is -1.49. The molecular weight excluding hydrogens is 904 g/mol. The first-order valence-corrected chi connectivity index (χ1v) is 29.7. The minimum Gasteiger partial charge on any atom is -0.462 e. The van der Waals surface area contributed by atoms with Gasteiger partial charge in [-0.1, -0.05) is 210 Å². The fourth-order valence-electron chi connectivity index (χ4n) is 7.64. The van der Waals surface area contributed by atoms with Crippen molar-refractivity contribution < 1.29 is 52.2 Å². The highest BCUT2D eigenvalue weighted by atomic mass is 31.2. The molecule has 0 aromatic carbocycles. The van der Waals surface area contributed by atoms with Crippen LogP contribution in [-0.2, 0) is 42.2 Å². The summed E-state index contributed by atoms with van der Waals surface area (Å²) in [6.45, 7) is 4.47. The van der Waals surface area contributed by atoms with Gasteiger partial charge in [0.1, 0.15) is 12.7 Å². The first-order valence-electron chi connectivity index (χ1n) is 28.2.